The first-order valence-electron chi connectivity index (χ1n) is 8.66. The molecule has 2 heterocycles. The third-order valence-electron chi connectivity index (χ3n) is 3.76. The second kappa shape index (κ2) is 9.25. The summed E-state index contributed by atoms with van der Waals surface area (Å²) in [6.07, 6.45) is 0.877. The monoisotopic (exact) mass is 487 g/mol. The number of fused-ring (bicyclic) bond motifs is 1. The number of anilines is 1. The van der Waals surface area contributed by atoms with Crippen LogP contribution in [0.15, 0.2) is 27.7 Å². The lowest BCUT2D eigenvalue weighted by Crippen LogP contribution is -2.30. The predicted molar refractivity (Wildman–Crippen MR) is 114 cm³/mol. The number of ether oxygens (including phenoxy) is 2. The first-order valence-corrected chi connectivity index (χ1v) is 8.66. The molecular formula is C18H26IN5O3. The summed E-state index contributed by atoms with van der Waals surface area (Å²) in [4.78, 5) is 8.62. The van der Waals surface area contributed by atoms with E-state index in [0.717, 1.165) is 23.6 Å². The zero-order valence-electron chi connectivity index (χ0n) is 16.0. The highest BCUT2D eigenvalue weighted by atomic mass is 127. The molecule has 1 aromatic heterocycles. The molecule has 0 saturated carbocycles. The van der Waals surface area contributed by atoms with Crippen molar-refractivity contribution in [3.05, 3.63) is 29.9 Å². The first-order chi connectivity index (χ1) is 12.5. The van der Waals surface area contributed by atoms with E-state index in [2.05, 4.69) is 25.8 Å². The number of rotatable bonds is 3. The number of aliphatic imine (C=N–C) groups is 1. The molecule has 27 heavy (non-hydrogen) atoms. The highest BCUT2D eigenvalue weighted by Crippen LogP contribution is 2.32. The molecule has 1 aliphatic rings. The summed E-state index contributed by atoms with van der Waals surface area (Å²) in [5.41, 5.74) is 0.681. The van der Waals surface area contributed by atoms with E-state index >= 15 is 0 Å². The molecule has 2 aromatic rings. The smallest absolute Gasteiger partial charge is 0.232 e. The van der Waals surface area contributed by atoms with Crippen LogP contribution < -0.4 is 20.1 Å². The summed E-state index contributed by atoms with van der Waals surface area (Å²) in [6.45, 7) is 7.82. The van der Waals surface area contributed by atoms with Crippen LogP contribution in [0.4, 0.5) is 5.69 Å². The zero-order chi connectivity index (χ0) is 18.6. The Kier molecular flexibility index (Phi) is 7.28. The van der Waals surface area contributed by atoms with Gasteiger partial charge in [0.05, 0.1) is 19.8 Å². The standard InChI is InChI=1S/C18H25N5O3.HI/c1-18(2,3)16-22-15(23-26-16)11-20-17(19-4)21-12-6-7-13-14(10-12)25-9-5-8-24-13;/h6-7,10H,5,8-9,11H2,1-4H3,(H2,19,20,21);1H. The molecule has 9 heteroatoms. The van der Waals surface area contributed by atoms with Gasteiger partial charge in [-0.3, -0.25) is 4.99 Å². The molecule has 1 aromatic carbocycles. The SMILES string of the molecule is CN=C(NCc1noc(C(C)(C)C)n1)Nc1ccc2c(c1)OCCCO2.I. The maximum Gasteiger partial charge on any atom is 0.232 e. The Labute approximate surface area is 176 Å². The minimum Gasteiger partial charge on any atom is -0.490 e. The minimum absolute atomic E-state index is 0. The second-order valence-electron chi connectivity index (χ2n) is 7.03. The van der Waals surface area contributed by atoms with E-state index in [4.69, 9.17) is 14.0 Å². The van der Waals surface area contributed by atoms with Crippen LogP contribution in [0.2, 0.25) is 0 Å². The van der Waals surface area contributed by atoms with Crippen LogP contribution in [0.25, 0.3) is 0 Å². The molecule has 0 atom stereocenters. The molecule has 0 amide bonds. The van der Waals surface area contributed by atoms with Gasteiger partial charge >= 0.3 is 0 Å². The number of halogens is 1. The van der Waals surface area contributed by atoms with Crippen LogP contribution in [0.5, 0.6) is 11.5 Å². The van der Waals surface area contributed by atoms with E-state index in [1.165, 1.54) is 0 Å². The quantitative estimate of drug-likeness (QED) is 0.390. The van der Waals surface area contributed by atoms with Gasteiger partial charge in [-0.1, -0.05) is 25.9 Å². The van der Waals surface area contributed by atoms with Crippen molar-refractivity contribution in [2.75, 3.05) is 25.6 Å². The van der Waals surface area contributed by atoms with Crippen molar-refractivity contribution in [1.82, 2.24) is 15.5 Å². The van der Waals surface area contributed by atoms with E-state index < -0.39 is 0 Å². The lowest BCUT2D eigenvalue weighted by molar-refractivity contribution is 0.297. The summed E-state index contributed by atoms with van der Waals surface area (Å²) < 4.78 is 16.7. The average Bonchev–Trinajstić information content (AvgIpc) is 2.97. The molecule has 0 aliphatic carbocycles. The number of hydrogen-bond donors (Lipinski definition) is 2. The molecule has 0 unspecified atom stereocenters. The summed E-state index contributed by atoms with van der Waals surface area (Å²) in [5.74, 6) is 3.28. The average molecular weight is 487 g/mol. The van der Waals surface area contributed by atoms with Crippen molar-refractivity contribution < 1.29 is 14.0 Å². The van der Waals surface area contributed by atoms with Gasteiger partial charge < -0.3 is 24.6 Å². The van der Waals surface area contributed by atoms with Crippen LogP contribution in [0, 0.1) is 0 Å². The summed E-state index contributed by atoms with van der Waals surface area (Å²) in [5, 5.41) is 10.4. The van der Waals surface area contributed by atoms with Gasteiger partial charge in [0.15, 0.2) is 23.3 Å². The van der Waals surface area contributed by atoms with Gasteiger partial charge in [-0.15, -0.1) is 24.0 Å². The Morgan fingerprint density at radius 1 is 1.19 bits per heavy atom. The summed E-state index contributed by atoms with van der Waals surface area (Å²) in [7, 11) is 1.70. The Balaban J connectivity index is 0.00000261. The second-order valence-corrected chi connectivity index (χ2v) is 7.03. The Bertz CT molecular complexity index is 786. The van der Waals surface area contributed by atoms with E-state index in [1.807, 2.05) is 39.0 Å². The van der Waals surface area contributed by atoms with Gasteiger partial charge in [-0.25, -0.2) is 0 Å². The van der Waals surface area contributed by atoms with Crippen molar-refractivity contribution in [2.45, 2.75) is 39.2 Å². The van der Waals surface area contributed by atoms with Crippen LogP contribution in [0.1, 0.15) is 38.9 Å². The Morgan fingerprint density at radius 3 is 2.59 bits per heavy atom. The third-order valence-corrected chi connectivity index (χ3v) is 3.76. The van der Waals surface area contributed by atoms with Gasteiger partial charge in [0.2, 0.25) is 5.89 Å². The maximum atomic E-state index is 5.71. The highest BCUT2D eigenvalue weighted by Gasteiger charge is 2.21. The summed E-state index contributed by atoms with van der Waals surface area (Å²) >= 11 is 0. The Hall–Kier alpha value is -2.04. The van der Waals surface area contributed by atoms with Gasteiger partial charge in [0.25, 0.3) is 0 Å². The van der Waals surface area contributed by atoms with Crippen LogP contribution >= 0.6 is 24.0 Å². The van der Waals surface area contributed by atoms with Crippen molar-refractivity contribution in [3.63, 3.8) is 0 Å². The Morgan fingerprint density at radius 2 is 1.93 bits per heavy atom. The van der Waals surface area contributed by atoms with Crippen molar-refractivity contribution in [3.8, 4) is 11.5 Å². The molecule has 8 nitrogen and oxygen atoms in total. The molecule has 0 bridgehead atoms. The maximum absolute atomic E-state index is 5.71. The minimum atomic E-state index is -0.172. The highest BCUT2D eigenvalue weighted by molar-refractivity contribution is 14.0. The molecule has 0 fully saturated rings. The van der Waals surface area contributed by atoms with Gasteiger partial charge in [-0.05, 0) is 12.1 Å². The molecular weight excluding hydrogens is 461 g/mol. The number of nitrogens with one attached hydrogen (secondary N) is 2. The number of nitrogens with zero attached hydrogens (tertiary/aromatic N) is 3. The van der Waals surface area contributed by atoms with Crippen molar-refractivity contribution in [1.29, 1.82) is 0 Å². The van der Waals surface area contributed by atoms with Gasteiger partial charge in [0.1, 0.15) is 0 Å². The fourth-order valence-corrected chi connectivity index (χ4v) is 2.35. The fourth-order valence-electron chi connectivity index (χ4n) is 2.35. The van der Waals surface area contributed by atoms with E-state index in [1.54, 1.807) is 7.05 Å². The first kappa shape index (κ1) is 21.3. The molecule has 0 spiro atoms. The molecule has 3 rings (SSSR count). The largest absolute Gasteiger partial charge is 0.490 e. The molecule has 0 radical (unpaired) electrons. The molecule has 1 aliphatic heterocycles. The normalized spacial score (nSPS) is 14.1. The van der Waals surface area contributed by atoms with Gasteiger partial charge in [0, 0.05) is 30.6 Å². The van der Waals surface area contributed by atoms with Crippen LogP contribution in [0.3, 0.4) is 0 Å². The third kappa shape index (κ3) is 5.72. The van der Waals surface area contributed by atoms with Crippen LogP contribution in [-0.4, -0.2) is 36.4 Å². The predicted octanol–water partition coefficient (Wildman–Crippen LogP) is 3.33. The van der Waals surface area contributed by atoms with Crippen molar-refractivity contribution >= 4 is 35.6 Å². The lowest BCUT2D eigenvalue weighted by atomic mass is 9.97. The number of guanidine groups is 1. The summed E-state index contributed by atoms with van der Waals surface area (Å²) in [6, 6.07) is 5.72. The topological polar surface area (TPSA) is 93.8 Å². The van der Waals surface area contributed by atoms with E-state index in [0.29, 0.717) is 37.4 Å². The fraction of sp³-hybridized carbons (Fsp3) is 0.500. The number of hydrogen-bond acceptors (Lipinski definition) is 6. The molecule has 2 N–H and O–H groups in total. The lowest BCUT2D eigenvalue weighted by Gasteiger charge is -2.13. The number of benzene rings is 1. The van der Waals surface area contributed by atoms with E-state index in [9.17, 15) is 0 Å². The van der Waals surface area contributed by atoms with Crippen molar-refractivity contribution in [2.24, 2.45) is 4.99 Å². The zero-order valence-corrected chi connectivity index (χ0v) is 18.4. The molecule has 148 valence electrons. The van der Waals surface area contributed by atoms with E-state index in [-0.39, 0.29) is 29.4 Å². The number of aromatic nitrogens is 2. The van der Waals surface area contributed by atoms with Crippen LogP contribution in [-0.2, 0) is 12.0 Å². The van der Waals surface area contributed by atoms with Gasteiger partial charge in [-0.2, -0.15) is 4.98 Å². The molecule has 0 saturated heterocycles.